The van der Waals surface area contributed by atoms with Crippen LogP contribution in [0.25, 0.3) is 5.65 Å². The number of hydrogen-bond acceptors (Lipinski definition) is 4. The third kappa shape index (κ3) is 3.83. The van der Waals surface area contributed by atoms with Crippen LogP contribution in [0, 0.1) is 11.8 Å². The van der Waals surface area contributed by atoms with Crippen molar-refractivity contribution in [3.8, 4) is 0 Å². The lowest BCUT2D eigenvalue weighted by Crippen LogP contribution is -2.33. The molecule has 1 aliphatic heterocycles. The Bertz CT molecular complexity index is 1030. The zero-order valence-electron chi connectivity index (χ0n) is 17.8. The van der Waals surface area contributed by atoms with Gasteiger partial charge in [-0.05, 0) is 62.0 Å². The molecule has 4 fully saturated rings. The highest BCUT2D eigenvalue weighted by molar-refractivity contribution is 5.85. The van der Waals surface area contributed by atoms with Gasteiger partial charge in [0.1, 0.15) is 0 Å². The number of hydrogen-bond donors (Lipinski definition) is 2. The van der Waals surface area contributed by atoms with Crippen molar-refractivity contribution in [1.82, 2.24) is 24.8 Å². The molecule has 6 rings (SSSR count). The molecule has 32 heavy (non-hydrogen) atoms. The van der Waals surface area contributed by atoms with E-state index in [2.05, 4.69) is 10.4 Å². The van der Waals surface area contributed by atoms with Crippen LogP contribution in [0.15, 0.2) is 18.5 Å². The van der Waals surface area contributed by atoms with Crippen molar-refractivity contribution in [2.45, 2.75) is 74.9 Å². The lowest BCUT2D eigenvalue weighted by Gasteiger charge is -2.31. The number of imidazole rings is 1. The fourth-order valence-corrected chi connectivity index (χ4v) is 5.41. The van der Waals surface area contributed by atoms with E-state index in [4.69, 9.17) is 10.7 Å². The summed E-state index contributed by atoms with van der Waals surface area (Å²) in [5.41, 5.74) is 8.80. The third-order valence-electron chi connectivity index (χ3n) is 7.68. The molecule has 2 unspecified atom stereocenters. The van der Waals surface area contributed by atoms with Crippen molar-refractivity contribution in [3.63, 3.8) is 0 Å². The molecule has 3 aliphatic carbocycles. The van der Waals surface area contributed by atoms with Crippen LogP contribution >= 0.6 is 12.4 Å². The molecular weight excluding hydrogens is 438 g/mol. The van der Waals surface area contributed by atoms with Gasteiger partial charge in [-0.15, -0.1) is 12.4 Å². The topological polar surface area (TPSA) is 88.5 Å². The van der Waals surface area contributed by atoms with Gasteiger partial charge >= 0.3 is 6.03 Å². The van der Waals surface area contributed by atoms with E-state index in [9.17, 15) is 13.6 Å². The third-order valence-corrected chi connectivity index (χ3v) is 7.68. The molecule has 2 amide bonds. The zero-order chi connectivity index (χ0) is 21.4. The standard InChI is InChI=1S/C22H28F2N6O.ClH/c23-22(24)5-3-13(4-6-22)18(25)16-11-30-17(27-16)9-15(10-26-30)19(14-1-2-14)29-12-21(7-8-21)28-20(29)31;/h9-11,13-14,18-19H,1-8,12,25H2,(H,28,31);1H. The molecule has 4 aliphatic rings. The molecule has 2 aromatic rings. The highest BCUT2D eigenvalue weighted by Crippen LogP contribution is 2.49. The summed E-state index contributed by atoms with van der Waals surface area (Å²) in [4.78, 5) is 19.3. The Kier molecular flexibility index (Phi) is 5.13. The predicted octanol–water partition coefficient (Wildman–Crippen LogP) is 3.99. The highest BCUT2D eigenvalue weighted by Gasteiger charge is 2.54. The van der Waals surface area contributed by atoms with Crippen LogP contribution in [-0.2, 0) is 0 Å². The summed E-state index contributed by atoms with van der Waals surface area (Å²) < 4.78 is 28.7. The first-order chi connectivity index (χ1) is 14.8. The average Bonchev–Trinajstić information content (AvgIpc) is 3.63. The lowest BCUT2D eigenvalue weighted by atomic mass is 9.81. The van der Waals surface area contributed by atoms with Crippen LogP contribution < -0.4 is 11.1 Å². The van der Waals surface area contributed by atoms with E-state index in [1.165, 1.54) is 0 Å². The molecule has 1 spiro atoms. The van der Waals surface area contributed by atoms with Gasteiger partial charge in [-0.3, -0.25) is 0 Å². The molecule has 0 aromatic carbocycles. The van der Waals surface area contributed by atoms with Crippen LogP contribution in [0.2, 0.25) is 0 Å². The SMILES string of the molecule is Cl.NC(c1cn2ncc(C(C3CC3)N3CC4(CC4)NC3=O)cc2n1)C1CCC(F)(F)CC1. The quantitative estimate of drug-likeness (QED) is 0.697. The Labute approximate surface area is 191 Å². The first-order valence-electron chi connectivity index (χ1n) is 11.4. The second kappa shape index (κ2) is 7.52. The monoisotopic (exact) mass is 466 g/mol. The van der Waals surface area contributed by atoms with E-state index < -0.39 is 5.92 Å². The molecule has 3 saturated carbocycles. The van der Waals surface area contributed by atoms with Crippen LogP contribution in [0.1, 0.15) is 74.7 Å². The predicted molar refractivity (Wildman–Crippen MR) is 117 cm³/mol. The van der Waals surface area contributed by atoms with Crippen LogP contribution in [0.3, 0.4) is 0 Å². The van der Waals surface area contributed by atoms with E-state index >= 15 is 0 Å². The number of aromatic nitrogens is 3. The van der Waals surface area contributed by atoms with Gasteiger partial charge in [0, 0.05) is 19.4 Å². The molecule has 10 heteroatoms. The average molecular weight is 467 g/mol. The van der Waals surface area contributed by atoms with Gasteiger partial charge in [0.15, 0.2) is 5.65 Å². The summed E-state index contributed by atoms with van der Waals surface area (Å²) >= 11 is 0. The van der Waals surface area contributed by atoms with Gasteiger partial charge in [0.25, 0.3) is 0 Å². The van der Waals surface area contributed by atoms with Gasteiger partial charge in [0.2, 0.25) is 5.92 Å². The summed E-state index contributed by atoms with van der Waals surface area (Å²) in [7, 11) is 0. The van der Waals surface area contributed by atoms with Crippen LogP contribution in [-0.4, -0.2) is 43.5 Å². The smallest absolute Gasteiger partial charge is 0.318 e. The van der Waals surface area contributed by atoms with E-state index in [0.29, 0.717) is 30.1 Å². The summed E-state index contributed by atoms with van der Waals surface area (Å²) in [6.45, 7) is 0.759. The van der Waals surface area contributed by atoms with Gasteiger partial charge in [-0.2, -0.15) is 5.10 Å². The number of urea groups is 1. The Balaban J connectivity index is 0.00000216. The molecule has 3 heterocycles. The Morgan fingerprint density at radius 1 is 1.12 bits per heavy atom. The Hall–Kier alpha value is -2.00. The zero-order valence-corrected chi connectivity index (χ0v) is 18.7. The fourth-order valence-electron chi connectivity index (χ4n) is 5.41. The molecule has 7 nitrogen and oxygen atoms in total. The molecule has 2 atom stereocenters. The maximum Gasteiger partial charge on any atom is 0.318 e. The molecule has 2 aromatic heterocycles. The van der Waals surface area contributed by atoms with Crippen molar-refractivity contribution in [2.75, 3.05) is 6.54 Å². The lowest BCUT2D eigenvalue weighted by molar-refractivity contribution is -0.0484. The number of fused-ring (bicyclic) bond motifs is 1. The Morgan fingerprint density at radius 3 is 2.47 bits per heavy atom. The largest absolute Gasteiger partial charge is 0.331 e. The summed E-state index contributed by atoms with van der Waals surface area (Å²) in [6.07, 6.45) is 8.59. The van der Waals surface area contributed by atoms with Crippen molar-refractivity contribution in [1.29, 1.82) is 0 Å². The van der Waals surface area contributed by atoms with E-state index in [0.717, 1.165) is 37.8 Å². The number of nitrogens with zero attached hydrogens (tertiary/aromatic N) is 4. The minimum absolute atomic E-state index is 0. The molecule has 174 valence electrons. The molecular formula is C22H29ClF2N6O. The minimum Gasteiger partial charge on any atom is -0.331 e. The molecule has 0 bridgehead atoms. The summed E-state index contributed by atoms with van der Waals surface area (Å²) in [5.74, 6) is -2.10. The summed E-state index contributed by atoms with van der Waals surface area (Å²) in [6, 6.07) is 1.67. The number of carbonyl (C=O) groups is 1. The number of alkyl halides is 2. The number of halogens is 3. The molecule has 1 saturated heterocycles. The van der Waals surface area contributed by atoms with Crippen molar-refractivity contribution < 1.29 is 13.6 Å². The number of carbonyl (C=O) groups excluding carboxylic acids is 1. The second-order valence-corrected chi connectivity index (χ2v) is 10.1. The Morgan fingerprint density at radius 2 is 1.84 bits per heavy atom. The molecule has 3 N–H and O–H groups in total. The normalized spacial score (nSPS) is 26.1. The van der Waals surface area contributed by atoms with Gasteiger partial charge in [0.05, 0.1) is 35.7 Å². The van der Waals surface area contributed by atoms with E-state index in [1.807, 2.05) is 23.4 Å². The highest BCUT2D eigenvalue weighted by atomic mass is 35.5. The van der Waals surface area contributed by atoms with E-state index in [-0.39, 0.29) is 54.8 Å². The summed E-state index contributed by atoms with van der Waals surface area (Å²) in [5, 5.41) is 7.71. The van der Waals surface area contributed by atoms with Crippen molar-refractivity contribution >= 4 is 24.1 Å². The van der Waals surface area contributed by atoms with Gasteiger partial charge in [-0.25, -0.2) is 23.1 Å². The van der Waals surface area contributed by atoms with Crippen LogP contribution in [0.4, 0.5) is 13.6 Å². The molecule has 0 radical (unpaired) electrons. The van der Waals surface area contributed by atoms with Crippen molar-refractivity contribution in [3.05, 3.63) is 29.7 Å². The van der Waals surface area contributed by atoms with Gasteiger partial charge in [-0.1, -0.05) is 0 Å². The van der Waals surface area contributed by atoms with Crippen molar-refractivity contribution in [2.24, 2.45) is 17.6 Å². The number of rotatable bonds is 5. The maximum absolute atomic E-state index is 13.5. The second-order valence-electron chi connectivity index (χ2n) is 10.1. The van der Waals surface area contributed by atoms with Crippen LogP contribution in [0.5, 0.6) is 0 Å². The number of amides is 2. The van der Waals surface area contributed by atoms with E-state index in [1.54, 1.807) is 4.52 Å². The minimum atomic E-state index is -2.57. The van der Waals surface area contributed by atoms with Gasteiger partial charge < -0.3 is 16.0 Å². The maximum atomic E-state index is 13.5. The fraction of sp³-hybridized carbons (Fsp3) is 0.682. The first-order valence-corrected chi connectivity index (χ1v) is 11.4. The number of nitrogens with two attached hydrogens (primary N) is 1. The number of nitrogens with one attached hydrogen (secondary N) is 1. The first kappa shape index (κ1) is 21.8.